The van der Waals surface area contributed by atoms with E-state index < -0.39 is 0 Å². The molecule has 40 heavy (non-hydrogen) atoms. The predicted octanol–water partition coefficient (Wildman–Crippen LogP) is 6.96. The molecule has 5 aromatic carbocycles. The van der Waals surface area contributed by atoms with Gasteiger partial charge in [-0.15, -0.1) is 70.8 Å². The van der Waals surface area contributed by atoms with E-state index in [9.17, 15) is 0 Å². The van der Waals surface area contributed by atoms with E-state index in [-0.39, 0.29) is 26.8 Å². The first-order chi connectivity index (χ1) is 19.4. The summed E-state index contributed by atoms with van der Waals surface area (Å²) in [5.41, 5.74) is 13.0. The van der Waals surface area contributed by atoms with Crippen LogP contribution in [0.5, 0.6) is 0 Å². The smallest absolute Gasteiger partial charge is 0.215 e. The predicted molar refractivity (Wildman–Crippen MR) is 162 cm³/mol. The Labute approximate surface area is 248 Å². The summed E-state index contributed by atoms with van der Waals surface area (Å²) in [7, 11) is 0. The zero-order chi connectivity index (χ0) is 26.0. The summed E-state index contributed by atoms with van der Waals surface area (Å²) in [6, 6.07) is 52.4. The SMILES string of the molecule is [Ir].[c-]1ccc(-c2ccccc2)cc1-c1ccccn1.[c-]1cccc2c1C1=Nc3ccccc3B1c1ccccc1-2. The first-order valence-corrected chi connectivity index (χ1v) is 13.1. The molecule has 0 N–H and O–H groups in total. The minimum Gasteiger partial charge on any atom is -0.308 e. The van der Waals surface area contributed by atoms with Crippen molar-refractivity contribution in [2.75, 3.05) is 0 Å². The largest absolute Gasteiger partial charge is 0.308 e. The summed E-state index contributed by atoms with van der Waals surface area (Å²) >= 11 is 0. The van der Waals surface area contributed by atoms with Gasteiger partial charge in [0.15, 0.2) is 0 Å². The van der Waals surface area contributed by atoms with Crippen LogP contribution in [-0.2, 0) is 20.1 Å². The fraction of sp³-hybridized carbons (Fsp3) is 0. The van der Waals surface area contributed by atoms with Gasteiger partial charge in [-0.1, -0.05) is 101 Å². The molecule has 1 aromatic heterocycles. The number of aliphatic imine (C=N–C) groups is 1. The van der Waals surface area contributed by atoms with Crippen LogP contribution in [0.25, 0.3) is 33.5 Å². The van der Waals surface area contributed by atoms with Crippen molar-refractivity contribution in [3.63, 3.8) is 0 Å². The monoisotopic (exact) mass is 687 g/mol. The van der Waals surface area contributed by atoms with E-state index >= 15 is 0 Å². The summed E-state index contributed by atoms with van der Waals surface area (Å²) in [5, 5.41) is 0. The van der Waals surface area contributed by atoms with Gasteiger partial charge in [0.2, 0.25) is 6.71 Å². The number of nitrogens with zero attached hydrogens (tertiary/aromatic N) is 2. The second-order valence-corrected chi connectivity index (χ2v) is 9.61. The molecule has 0 unspecified atom stereocenters. The fourth-order valence-corrected chi connectivity index (χ4v) is 5.50. The molecule has 4 heteroatoms. The number of pyridine rings is 1. The van der Waals surface area contributed by atoms with E-state index in [4.69, 9.17) is 4.99 Å². The first-order valence-electron chi connectivity index (χ1n) is 13.1. The molecule has 1 radical (unpaired) electrons. The Morgan fingerprint density at radius 3 is 2.17 bits per heavy atom. The maximum atomic E-state index is 4.90. The molecule has 2 aliphatic rings. The summed E-state index contributed by atoms with van der Waals surface area (Å²) < 4.78 is 0. The molecular weight excluding hydrogens is 663 g/mol. The Morgan fingerprint density at radius 1 is 0.575 bits per heavy atom. The second kappa shape index (κ2) is 11.4. The Hall–Kier alpha value is -4.37. The topological polar surface area (TPSA) is 25.2 Å². The fourth-order valence-electron chi connectivity index (χ4n) is 5.50. The third kappa shape index (κ3) is 4.77. The molecule has 2 nitrogen and oxygen atoms in total. The van der Waals surface area contributed by atoms with Gasteiger partial charge >= 0.3 is 0 Å². The van der Waals surface area contributed by atoms with E-state index in [0.29, 0.717) is 0 Å². The number of rotatable bonds is 2. The van der Waals surface area contributed by atoms with Crippen molar-refractivity contribution >= 4 is 28.9 Å². The van der Waals surface area contributed by atoms with Crippen molar-refractivity contribution in [1.82, 2.24) is 4.98 Å². The Morgan fingerprint density at radius 2 is 1.32 bits per heavy atom. The average Bonchev–Trinajstić information content (AvgIpc) is 3.43. The standard InChI is InChI=1S/C19H11BN.C17H12N.Ir/c1-2-9-15-13(7-1)14-8-3-4-10-16(14)20-17-11-5-6-12-18(17)21-19(15)20;1-2-7-14(8-3-1)15-9-6-10-16(13-15)17-11-4-5-12-18-17;/h1-8,10-12H;1-9,11-13H;/q2*-1;. The first kappa shape index (κ1) is 25.9. The van der Waals surface area contributed by atoms with E-state index in [1.807, 2.05) is 48.5 Å². The van der Waals surface area contributed by atoms with E-state index in [1.54, 1.807) is 6.20 Å². The minimum atomic E-state index is 0. The van der Waals surface area contributed by atoms with Gasteiger partial charge in [0.25, 0.3) is 0 Å². The zero-order valence-corrected chi connectivity index (χ0v) is 24.0. The van der Waals surface area contributed by atoms with Crippen LogP contribution in [0, 0.1) is 12.1 Å². The second-order valence-electron chi connectivity index (χ2n) is 9.61. The van der Waals surface area contributed by atoms with Crippen LogP contribution in [0.2, 0.25) is 0 Å². The van der Waals surface area contributed by atoms with Gasteiger partial charge in [-0.2, -0.15) is 0 Å². The molecule has 3 heterocycles. The third-order valence-electron chi connectivity index (χ3n) is 7.29. The van der Waals surface area contributed by atoms with Gasteiger partial charge in [-0.25, -0.2) is 0 Å². The van der Waals surface area contributed by atoms with Crippen LogP contribution >= 0.6 is 0 Å². The molecular formula is C36H23BIrN2-2. The number of para-hydroxylation sites is 1. The molecule has 8 rings (SSSR count). The van der Waals surface area contributed by atoms with Gasteiger partial charge in [0, 0.05) is 32.0 Å². The molecule has 0 bridgehead atoms. The van der Waals surface area contributed by atoms with Crippen molar-refractivity contribution < 1.29 is 20.1 Å². The normalized spacial score (nSPS) is 11.9. The van der Waals surface area contributed by atoms with E-state index in [1.165, 1.54) is 33.2 Å². The summed E-state index contributed by atoms with van der Waals surface area (Å²) in [4.78, 5) is 9.25. The number of aromatic nitrogens is 1. The summed E-state index contributed by atoms with van der Waals surface area (Å²) in [6.45, 7) is 0.253. The van der Waals surface area contributed by atoms with Crippen molar-refractivity contribution in [3.8, 4) is 33.5 Å². The summed E-state index contributed by atoms with van der Waals surface area (Å²) in [6.07, 6.45) is 1.80. The van der Waals surface area contributed by atoms with Crippen molar-refractivity contribution in [2.45, 2.75) is 0 Å². The molecule has 0 atom stereocenters. The van der Waals surface area contributed by atoms with Crippen LogP contribution in [0.15, 0.2) is 145 Å². The molecule has 191 valence electrons. The molecule has 0 saturated carbocycles. The maximum Gasteiger partial charge on any atom is 0.215 e. The van der Waals surface area contributed by atoms with E-state index in [0.717, 1.165) is 28.1 Å². The zero-order valence-electron chi connectivity index (χ0n) is 21.6. The molecule has 6 aromatic rings. The van der Waals surface area contributed by atoms with Crippen molar-refractivity contribution in [1.29, 1.82) is 0 Å². The van der Waals surface area contributed by atoms with Gasteiger partial charge in [-0.3, -0.25) is 0 Å². The van der Waals surface area contributed by atoms with Crippen LogP contribution in [0.3, 0.4) is 0 Å². The van der Waals surface area contributed by atoms with Crippen LogP contribution < -0.4 is 10.9 Å². The molecule has 0 saturated heterocycles. The summed E-state index contributed by atoms with van der Waals surface area (Å²) in [5.74, 6) is 0. The average molecular weight is 687 g/mol. The molecule has 0 spiro atoms. The number of benzene rings is 5. The Balaban J connectivity index is 0.000000143. The molecule has 2 aliphatic heterocycles. The maximum absolute atomic E-state index is 4.90. The van der Waals surface area contributed by atoms with Crippen molar-refractivity contribution in [3.05, 3.63) is 157 Å². The molecule has 0 fully saturated rings. The quantitative estimate of drug-likeness (QED) is 0.143. The van der Waals surface area contributed by atoms with Crippen LogP contribution in [0.4, 0.5) is 5.69 Å². The number of fused-ring (bicyclic) bond motifs is 8. The Kier molecular flexibility index (Phi) is 7.38. The Bertz CT molecular complexity index is 1760. The van der Waals surface area contributed by atoms with Gasteiger partial charge in [-0.05, 0) is 29.0 Å². The third-order valence-corrected chi connectivity index (χ3v) is 7.29. The molecule has 0 aliphatic carbocycles. The van der Waals surface area contributed by atoms with Crippen LogP contribution in [-0.4, -0.2) is 17.3 Å². The van der Waals surface area contributed by atoms with Crippen molar-refractivity contribution in [2.24, 2.45) is 4.99 Å². The van der Waals surface area contributed by atoms with Gasteiger partial charge in [0.1, 0.15) is 0 Å². The molecule has 0 amide bonds. The van der Waals surface area contributed by atoms with E-state index in [2.05, 4.69) is 102 Å². The number of hydrogen-bond donors (Lipinski definition) is 0. The van der Waals surface area contributed by atoms with Crippen LogP contribution in [0.1, 0.15) is 5.56 Å². The minimum absolute atomic E-state index is 0. The van der Waals surface area contributed by atoms with Gasteiger partial charge in [0.05, 0.1) is 0 Å². The van der Waals surface area contributed by atoms with Gasteiger partial charge < -0.3 is 9.98 Å². The number of hydrogen-bond acceptors (Lipinski definition) is 2.